The van der Waals surface area contributed by atoms with Gasteiger partial charge in [0.15, 0.2) is 5.69 Å². The van der Waals surface area contributed by atoms with Crippen molar-refractivity contribution in [1.29, 1.82) is 0 Å². The Morgan fingerprint density at radius 3 is 2.85 bits per heavy atom. The van der Waals surface area contributed by atoms with Crippen LogP contribution in [0.25, 0.3) is 0 Å². The highest BCUT2D eigenvalue weighted by atomic mass is 16.2. The zero-order valence-corrected chi connectivity index (χ0v) is 12.1. The second-order valence-electron chi connectivity index (χ2n) is 5.91. The molecule has 0 aliphatic carbocycles. The molecule has 0 saturated carbocycles. The minimum atomic E-state index is 0.0392. The number of piperidine rings is 2. The van der Waals surface area contributed by atoms with E-state index in [-0.39, 0.29) is 5.91 Å². The average molecular weight is 277 g/mol. The highest BCUT2D eigenvalue weighted by Gasteiger charge is 2.27. The summed E-state index contributed by atoms with van der Waals surface area (Å²) >= 11 is 0. The van der Waals surface area contributed by atoms with Gasteiger partial charge in [-0.2, -0.15) is 0 Å². The van der Waals surface area contributed by atoms with Crippen LogP contribution in [-0.2, 0) is 0 Å². The van der Waals surface area contributed by atoms with E-state index in [0.29, 0.717) is 17.8 Å². The predicted octanol–water partition coefficient (Wildman–Crippen LogP) is 1.22. The lowest BCUT2D eigenvalue weighted by atomic mass is 10.0. The van der Waals surface area contributed by atoms with Gasteiger partial charge in [0, 0.05) is 12.6 Å². The summed E-state index contributed by atoms with van der Waals surface area (Å²) in [6, 6.07) is 0.698. The molecule has 0 aromatic carbocycles. The lowest BCUT2D eigenvalue weighted by Gasteiger charge is -2.32. The molecule has 3 heterocycles. The first-order chi connectivity index (χ1) is 9.75. The van der Waals surface area contributed by atoms with Crippen LogP contribution in [-0.4, -0.2) is 51.5 Å². The number of nitrogens with zero attached hydrogens (tertiary/aromatic N) is 4. The second-order valence-corrected chi connectivity index (χ2v) is 5.91. The van der Waals surface area contributed by atoms with Gasteiger partial charge in [0.25, 0.3) is 5.91 Å². The van der Waals surface area contributed by atoms with Crippen molar-refractivity contribution in [2.75, 3.05) is 19.6 Å². The summed E-state index contributed by atoms with van der Waals surface area (Å²) in [5.41, 5.74) is 0.497. The fourth-order valence-corrected chi connectivity index (χ4v) is 3.17. The normalized spacial score (nSPS) is 24.9. The van der Waals surface area contributed by atoms with E-state index in [2.05, 4.69) is 22.6 Å². The zero-order chi connectivity index (χ0) is 13.9. The predicted molar refractivity (Wildman–Crippen MR) is 75.5 cm³/mol. The molecule has 1 amide bonds. The van der Waals surface area contributed by atoms with Crippen molar-refractivity contribution >= 4 is 5.91 Å². The molecule has 0 radical (unpaired) electrons. The molecule has 0 bridgehead atoms. The van der Waals surface area contributed by atoms with Crippen LogP contribution in [0.2, 0.25) is 0 Å². The van der Waals surface area contributed by atoms with Crippen LogP contribution >= 0.6 is 0 Å². The van der Waals surface area contributed by atoms with Crippen molar-refractivity contribution in [3.63, 3.8) is 0 Å². The Hall–Kier alpha value is -1.43. The SMILES string of the molecule is CC1CCCCN1C(=O)c1cn(C2CCNCC2)nn1. The third-order valence-electron chi connectivity index (χ3n) is 4.48. The lowest BCUT2D eigenvalue weighted by Crippen LogP contribution is -2.42. The highest BCUT2D eigenvalue weighted by molar-refractivity contribution is 5.92. The van der Waals surface area contributed by atoms with Crippen LogP contribution in [0.5, 0.6) is 0 Å². The van der Waals surface area contributed by atoms with Crippen LogP contribution in [0.3, 0.4) is 0 Å². The van der Waals surface area contributed by atoms with E-state index in [9.17, 15) is 4.79 Å². The highest BCUT2D eigenvalue weighted by Crippen LogP contribution is 2.20. The first kappa shape index (κ1) is 13.5. The third-order valence-corrected chi connectivity index (χ3v) is 4.48. The Balaban J connectivity index is 1.70. The molecule has 0 spiro atoms. The first-order valence-corrected chi connectivity index (χ1v) is 7.69. The Morgan fingerprint density at radius 1 is 1.30 bits per heavy atom. The van der Waals surface area contributed by atoms with Gasteiger partial charge in [-0.15, -0.1) is 5.10 Å². The van der Waals surface area contributed by atoms with E-state index < -0.39 is 0 Å². The molecule has 20 heavy (non-hydrogen) atoms. The molecular weight excluding hydrogens is 254 g/mol. The molecule has 1 aromatic heterocycles. The average Bonchev–Trinajstić information content (AvgIpc) is 2.98. The minimum absolute atomic E-state index is 0.0392. The molecule has 1 unspecified atom stereocenters. The van der Waals surface area contributed by atoms with Crippen molar-refractivity contribution in [2.24, 2.45) is 0 Å². The van der Waals surface area contributed by atoms with Crippen LogP contribution in [0.1, 0.15) is 55.6 Å². The zero-order valence-electron chi connectivity index (χ0n) is 12.1. The summed E-state index contributed by atoms with van der Waals surface area (Å²) in [7, 11) is 0. The summed E-state index contributed by atoms with van der Waals surface area (Å²) in [6.45, 7) is 4.99. The molecular formula is C14H23N5O. The number of hydrogen-bond donors (Lipinski definition) is 1. The number of rotatable bonds is 2. The monoisotopic (exact) mass is 277 g/mol. The van der Waals surface area contributed by atoms with E-state index in [0.717, 1.165) is 45.3 Å². The van der Waals surface area contributed by atoms with Crippen LogP contribution in [0.15, 0.2) is 6.20 Å². The van der Waals surface area contributed by atoms with Crippen LogP contribution in [0.4, 0.5) is 0 Å². The van der Waals surface area contributed by atoms with E-state index in [4.69, 9.17) is 0 Å². The van der Waals surface area contributed by atoms with Crippen molar-refractivity contribution in [2.45, 2.75) is 51.1 Å². The summed E-state index contributed by atoms with van der Waals surface area (Å²) in [5.74, 6) is 0.0392. The van der Waals surface area contributed by atoms with Crippen molar-refractivity contribution in [3.05, 3.63) is 11.9 Å². The molecule has 1 atom stereocenters. The first-order valence-electron chi connectivity index (χ1n) is 7.69. The van der Waals surface area contributed by atoms with Gasteiger partial charge < -0.3 is 10.2 Å². The molecule has 2 aliphatic heterocycles. The number of carbonyl (C=O) groups is 1. The topological polar surface area (TPSA) is 63.1 Å². The maximum Gasteiger partial charge on any atom is 0.276 e. The number of aromatic nitrogens is 3. The van der Waals surface area contributed by atoms with E-state index >= 15 is 0 Å². The maximum atomic E-state index is 12.5. The Labute approximate surface area is 119 Å². The van der Waals surface area contributed by atoms with Gasteiger partial charge >= 0.3 is 0 Å². The van der Waals surface area contributed by atoms with E-state index in [1.807, 2.05) is 15.8 Å². The fraction of sp³-hybridized carbons (Fsp3) is 0.786. The van der Waals surface area contributed by atoms with Gasteiger partial charge in [-0.05, 0) is 52.1 Å². The Kier molecular flexibility index (Phi) is 4.00. The maximum absolute atomic E-state index is 12.5. The molecule has 6 heteroatoms. The van der Waals surface area contributed by atoms with Crippen molar-refractivity contribution in [1.82, 2.24) is 25.2 Å². The number of hydrogen-bond acceptors (Lipinski definition) is 4. The summed E-state index contributed by atoms with van der Waals surface area (Å²) in [4.78, 5) is 14.4. The molecule has 6 nitrogen and oxygen atoms in total. The molecule has 3 rings (SSSR count). The summed E-state index contributed by atoms with van der Waals surface area (Å²) in [6.07, 6.45) is 7.34. The molecule has 110 valence electrons. The van der Waals surface area contributed by atoms with Gasteiger partial charge in [-0.25, -0.2) is 4.68 Å². The number of likely N-dealkylation sites (tertiary alicyclic amines) is 1. The summed E-state index contributed by atoms with van der Waals surface area (Å²) in [5, 5.41) is 11.6. The third kappa shape index (κ3) is 2.70. The van der Waals surface area contributed by atoms with Crippen LogP contribution < -0.4 is 5.32 Å². The van der Waals surface area contributed by atoms with Gasteiger partial charge in [0.1, 0.15) is 0 Å². The van der Waals surface area contributed by atoms with Gasteiger partial charge in [0.05, 0.1) is 12.2 Å². The van der Waals surface area contributed by atoms with Gasteiger partial charge in [-0.3, -0.25) is 4.79 Å². The van der Waals surface area contributed by atoms with Crippen molar-refractivity contribution < 1.29 is 4.79 Å². The Bertz CT molecular complexity index is 466. The number of nitrogens with one attached hydrogen (secondary N) is 1. The number of amides is 1. The van der Waals surface area contributed by atoms with Gasteiger partial charge in [0.2, 0.25) is 0 Å². The van der Waals surface area contributed by atoms with Crippen molar-refractivity contribution in [3.8, 4) is 0 Å². The molecule has 1 aromatic rings. The lowest BCUT2D eigenvalue weighted by molar-refractivity contribution is 0.0629. The number of carbonyl (C=O) groups excluding carboxylic acids is 1. The molecule has 1 N–H and O–H groups in total. The Morgan fingerprint density at radius 2 is 2.10 bits per heavy atom. The van der Waals surface area contributed by atoms with E-state index in [1.165, 1.54) is 6.42 Å². The largest absolute Gasteiger partial charge is 0.335 e. The van der Waals surface area contributed by atoms with E-state index in [1.54, 1.807) is 0 Å². The fourth-order valence-electron chi connectivity index (χ4n) is 3.17. The molecule has 2 saturated heterocycles. The minimum Gasteiger partial charge on any atom is -0.335 e. The molecule has 2 fully saturated rings. The summed E-state index contributed by atoms with van der Waals surface area (Å²) < 4.78 is 1.88. The quantitative estimate of drug-likeness (QED) is 0.883. The van der Waals surface area contributed by atoms with Gasteiger partial charge in [-0.1, -0.05) is 5.21 Å². The van der Waals surface area contributed by atoms with Crippen LogP contribution in [0, 0.1) is 0 Å². The smallest absolute Gasteiger partial charge is 0.276 e. The standard InChI is InChI=1S/C14H23N5O/c1-11-4-2-3-9-18(11)14(20)13-10-19(17-16-13)12-5-7-15-8-6-12/h10-12,15H,2-9H2,1H3. The second kappa shape index (κ2) is 5.91. The molecule has 2 aliphatic rings.